The quantitative estimate of drug-likeness (QED) is 0.434. The Morgan fingerprint density at radius 2 is 1.82 bits per heavy atom. The smallest absolute Gasteiger partial charge is 0.248 e. The van der Waals surface area contributed by atoms with Gasteiger partial charge in [0, 0.05) is 40.8 Å². The van der Waals surface area contributed by atoms with Crippen LogP contribution in [0.2, 0.25) is 5.02 Å². The molecule has 0 bridgehead atoms. The number of para-hydroxylation sites is 1. The Kier molecular flexibility index (Phi) is 5.87. The number of carbonyl (C=O) groups is 2. The SMILES string of the molecule is Cn1c2c(c3ccccc31)C(C(=O)NCc1ccccc1)N(c1cccc(Cl)c1)C(=O)CS2. The van der Waals surface area contributed by atoms with E-state index in [2.05, 4.69) is 9.88 Å². The van der Waals surface area contributed by atoms with Crippen molar-refractivity contribution in [2.24, 2.45) is 7.05 Å². The minimum Gasteiger partial charge on any atom is -0.350 e. The van der Waals surface area contributed by atoms with Crippen LogP contribution in [0.15, 0.2) is 83.9 Å². The van der Waals surface area contributed by atoms with Gasteiger partial charge in [0.15, 0.2) is 0 Å². The molecule has 0 fully saturated rings. The summed E-state index contributed by atoms with van der Waals surface area (Å²) >= 11 is 7.74. The number of rotatable bonds is 4. The number of hydrogen-bond acceptors (Lipinski definition) is 3. The van der Waals surface area contributed by atoms with Crippen molar-refractivity contribution in [1.29, 1.82) is 0 Å². The fraction of sp³-hybridized carbons (Fsp3) is 0.154. The van der Waals surface area contributed by atoms with Crippen molar-refractivity contribution in [3.63, 3.8) is 0 Å². The number of aryl methyl sites for hydroxylation is 1. The van der Waals surface area contributed by atoms with Gasteiger partial charge in [-0.2, -0.15) is 0 Å². The van der Waals surface area contributed by atoms with Crippen LogP contribution < -0.4 is 10.2 Å². The Hall–Kier alpha value is -3.22. The number of nitrogens with one attached hydrogen (secondary N) is 1. The second kappa shape index (κ2) is 8.96. The molecule has 0 aliphatic carbocycles. The van der Waals surface area contributed by atoms with Crippen molar-refractivity contribution in [2.45, 2.75) is 17.6 Å². The van der Waals surface area contributed by atoms with Crippen molar-refractivity contribution in [2.75, 3.05) is 10.7 Å². The summed E-state index contributed by atoms with van der Waals surface area (Å²) in [5.41, 5.74) is 3.46. The van der Waals surface area contributed by atoms with Crippen LogP contribution in [0.5, 0.6) is 0 Å². The van der Waals surface area contributed by atoms with Crippen LogP contribution in [-0.4, -0.2) is 22.1 Å². The summed E-state index contributed by atoms with van der Waals surface area (Å²) in [6, 6.07) is 24.0. The Balaban J connectivity index is 1.66. The van der Waals surface area contributed by atoms with Crippen molar-refractivity contribution in [1.82, 2.24) is 9.88 Å². The molecule has 2 heterocycles. The van der Waals surface area contributed by atoms with Crippen LogP contribution in [0.4, 0.5) is 5.69 Å². The lowest BCUT2D eigenvalue weighted by Crippen LogP contribution is -2.43. The summed E-state index contributed by atoms with van der Waals surface area (Å²) < 4.78 is 2.07. The molecule has 1 N–H and O–H groups in total. The van der Waals surface area contributed by atoms with E-state index in [-0.39, 0.29) is 17.6 Å². The van der Waals surface area contributed by atoms with Crippen molar-refractivity contribution >= 4 is 51.8 Å². The lowest BCUT2D eigenvalue weighted by atomic mass is 10.0. The van der Waals surface area contributed by atoms with Crippen LogP contribution >= 0.6 is 23.4 Å². The van der Waals surface area contributed by atoms with Crippen molar-refractivity contribution in [3.05, 3.63) is 95.0 Å². The number of nitrogens with zero attached hydrogens (tertiary/aromatic N) is 2. The van der Waals surface area contributed by atoms with Crippen LogP contribution in [0.1, 0.15) is 17.2 Å². The second-order valence-corrected chi connectivity index (χ2v) is 9.33. The third-order valence-corrected chi connectivity index (χ3v) is 7.26. The molecule has 0 spiro atoms. The highest BCUT2D eigenvalue weighted by molar-refractivity contribution is 8.00. The van der Waals surface area contributed by atoms with Crippen LogP contribution in [-0.2, 0) is 23.2 Å². The summed E-state index contributed by atoms with van der Waals surface area (Å²) in [5, 5.41) is 5.46. The maximum Gasteiger partial charge on any atom is 0.248 e. The van der Waals surface area contributed by atoms with E-state index < -0.39 is 6.04 Å². The maximum absolute atomic E-state index is 13.8. The summed E-state index contributed by atoms with van der Waals surface area (Å²) in [4.78, 5) is 28.8. The normalized spacial score (nSPS) is 15.9. The first-order chi connectivity index (χ1) is 16.0. The van der Waals surface area contributed by atoms with Gasteiger partial charge >= 0.3 is 0 Å². The highest BCUT2D eigenvalue weighted by Crippen LogP contribution is 2.43. The third-order valence-electron chi connectivity index (χ3n) is 5.87. The molecule has 166 valence electrons. The van der Waals surface area contributed by atoms with Gasteiger partial charge in [0.2, 0.25) is 11.8 Å². The van der Waals surface area contributed by atoms with Gasteiger partial charge in [0.05, 0.1) is 10.8 Å². The molecular weight excluding hydrogens is 454 g/mol. The van der Waals surface area contributed by atoms with E-state index >= 15 is 0 Å². The monoisotopic (exact) mass is 475 g/mol. The summed E-state index contributed by atoms with van der Waals surface area (Å²) in [7, 11) is 1.98. The van der Waals surface area contributed by atoms with Gasteiger partial charge in [-0.1, -0.05) is 78.0 Å². The summed E-state index contributed by atoms with van der Waals surface area (Å²) in [6.07, 6.45) is 0. The second-order valence-electron chi connectivity index (χ2n) is 7.93. The van der Waals surface area contributed by atoms with Crippen LogP contribution in [0.3, 0.4) is 0 Å². The molecule has 1 atom stereocenters. The molecule has 5 nitrogen and oxygen atoms in total. The van der Waals surface area contributed by atoms with E-state index in [9.17, 15) is 9.59 Å². The molecule has 2 amide bonds. The minimum atomic E-state index is -0.823. The van der Waals surface area contributed by atoms with E-state index in [4.69, 9.17) is 11.6 Å². The molecule has 0 saturated carbocycles. The maximum atomic E-state index is 13.8. The van der Waals surface area contributed by atoms with Gasteiger partial charge in [-0.15, -0.1) is 0 Å². The molecule has 33 heavy (non-hydrogen) atoms. The fourth-order valence-corrected chi connectivity index (χ4v) is 5.61. The molecular formula is C26H22ClN3O2S. The van der Waals surface area contributed by atoms with Crippen LogP contribution in [0.25, 0.3) is 10.9 Å². The van der Waals surface area contributed by atoms with Crippen molar-refractivity contribution < 1.29 is 9.59 Å². The zero-order valence-electron chi connectivity index (χ0n) is 18.0. The molecule has 5 rings (SSSR count). The van der Waals surface area contributed by atoms with Gasteiger partial charge < -0.3 is 9.88 Å². The van der Waals surface area contributed by atoms with Crippen LogP contribution in [0, 0.1) is 0 Å². The molecule has 0 saturated heterocycles. The number of amides is 2. The number of carbonyl (C=O) groups excluding carboxylic acids is 2. The molecule has 1 aliphatic rings. The molecule has 1 aromatic heterocycles. The number of hydrogen-bond donors (Lipinski definition) is 1. The largest absolute Gasteiger partial charge is 0.350 e. The van der Waals surface area contributed by atoms with E-state index in [0.29, 0.717) is 17.3 Å². The summed E-state index contributed by atoms with van der Waals surface area (Å²) in [6.45, 7) is 0.376. The van der Waals surface area contributed by atoms with E-state index in [1.807, 2.05) is 67.7 Å². The zero-order chi connectivity index (χ0) is 22.9. The molecule has 7 heteroatoms. The Bertz CT molecular complexity index is 1350. The number of halogens is 1. The van der Waals surface area contributed by atoms with Gasteiger partial charge in [0.1, 0.15) is 6.04 Å². The predicted octanol–water partition coefficient (Wildman–Crippen LogP) is 5.33. The Morgan fingerprint density at radius 3 is 2.61 bits per heavy atom. The number of fused-ring (bicyclic) bond motifs is 3. The first-order valence-corrected chi connectivity index (χ1v) is 12.0. The molecule has 3 aromatic carbocycles. The molecule has 1 aliphatic heterocycles. The number of benzene rings is 3. The molecule has 4 aromatic rings. The number of anilines is 1. The Morgan fingerprint density at radius 1 is 1.06 bits per heavy atom. The number of thioether (sulfide) groups is 1. The highest BCUT2D eigenvalue weighted by Gasteiger charge is 2.39. The standard InChI is InChI=1S/C26H22ClN3O2S/c1-29-21-13-6-5-12-20(21)23-24(25(32)28-15-17-8-3-2-4-9-17)30(22(31)16-33-26(23)29)19-11-7-10-18(27)14-19/h2-14,24H,15-16H2,1H3,(H,28,32). The van der Waals surface area contributed by atoms with Gasteiger partial charge in [0.25, 0.3) is 0 Å². The van der Waals surface area contributed by atoms with Gasteiger partial charge in [-0.05, 0) is 29.8 Å². The van der Waals surface area contributed by atoms with E-state index in [1.165, 1.54) is 11.8 Å². The number of aromatic nitrogens is 1. The molecule has 1 unspecified atom stereocenters. The zero-order valence-corrected chi connectivity index (χ0v) is 19.6. The first-order valence-electron chi connectivity index (χ1n) is 10.6. The predicted molar refractivity (Wildman–Crippen MR) is 134 cm³/mol. The van der Waals surface area contributed by atoms with E-state index in [0.717, 1.165) is 27.1 Å². The fourth-order valence-electron chi connectivity index (χ4n) is 4.36. The highest BCUT2D eigenvalue weighted by atomic mass is 35.5. The lowest BCUT2D eigenvalue weighted by Gasteiger charge is -2.30. The minimum absolute atomic E-state index is 0.137. The Labute approximate surface area is 201 Å². The molecule has 0 radical (unpaired) electrons. The summed E-state index contributed by atoms with van der Waals surface area (Å²) in [5.74, 6) is -0.138. The average molecular weight is 476 g/mol. The van der Waals surface area contributed by atoms with Crippen molar-refractivity contribution in [3.8, 4) is 0 Å². The average Bonchev–Trinajstić information content (AvgIpc) is 3.00. The third kappa shape index (κ3) is 4.01. The topological polar surface area (TPSA) is 54.3 Å². The van der Waals surface area contributed by atoms with Gasteiger partial charge in [-0.25, -0.2) is 0 Å². The van der Waals surface area contributed by atoms with Gasteiger partial charge in [-0.3, -0.25) is 14.5 Å². The lowest BCUT2D eigenvalue weighted by molar-refractivity contribution is -0.125. The first kappa shape index (κ1) is 21.6. The van der Waals surface area contributed by atoms with E-state index in [1.54, 1.807) is 23.1 Å².